The third-order valence-corrected chi connectivity index (χ3v) is 8.44. The molecular formula is C32H31N. The van der Waals surface area contributed by atoms with Gasteiger partial charge in [-0.05, 0) is 77.8 Å². The normalized spacial score (nSPS) is 30.5. The van der Waals surface area contributed by atoms with Crippen LogP contribution >= 0.6 is 0 Å². The summed E-state index contributed by atoms with van der Waals surface area (Å²) in [7, 11) is 0. The Labute approximate surface area is 198 Å². The van der Waals surface area contributed by atoms with E-state index in [1.807, 2.05) is 12.3 Å². The zero-order valence-electron chi connectivity index (χ0n) is 20.3. The lowest BCUT2D eigenvalue weighted by atomic mass is 9.55. The van der Waals surface area contributed by atoms with Crippen LogP contribution in [0.3, 0.4) is 0 Å². The topological polar surface area (TPSA) is 12.4 Å². The van der Waals surface area contributed by atoms with Crippen LogP contribution in [0.5, 0.6) is 0 Å². The van der Waals surface area contributed by atoms with E-state index < -0.39 is 0 Å². The molecule has 2 unspecified atom stereocenters. The van der Waals surface area contributed by atoms with Crippen LogP contribution in [-0.4, -0.2) is 6.21 Å². The lowest BCUT2D eigenvalue weighted by Crippen LogP contribution is -2.38. The first kappa shape index (κ1) is 20.5. The van der Waals surface area contributed by atoms with Crippen molar-refractivity contribution >= 4 is 6.21 Å². The Balaban J connectivity index is 1.57. The molecule has 0 bridgehead atoms. The Hall–Kier alpha value is -3.11. The number of rotatable bonds is 0. The number of benzene rings is 1. The van der Waals surface area contributed by atoms with Crippen molar-refractivity contribution in [2.75, 3.05) is 0 Å². The third kappa shape index (κ3) is 2.83. The van der Waals surface area contributed by atoms with E-state index in [2.05, 4.69) is 100 Å². The maximum Gasteiger partial charge on any atom is 0.109 e. The second-order valence-corrected chi connectivity index (χ2v) is 11.0. The fraction of sp³-hybridized carbons (Fsp3) is 0.344. The summed E-state index contributed by atoms with van der Waals surface area (Å²) < 4.78 is 0. The summed E-state index contributed by atoms with van der Waals surface area (Å²) in [6, 6.07) is 4.74. The number of allylic oxidation sites excluding steroid dienone is 12. The Kier molecular flexibility index (Phi) is 4.31. The smallest absolute Gasteiger partial charge is 0.109 e. The van der Waals surface area contributed by atoms with Gasteiger partial charge in [-0.25, -0.2) is 4.99 Å². The van der Waals surface area contributed by atoms with Crippen LogP contribution in [-0.2, 0) is 10.8 Å². The highest BCUT2D eigenvalue weighted by Crippen LogP contribution is 2.65. The summed E-state index contributed by atoms with van der Waals surface area (Å²) in [5.74, 6) is 7.77. The van der Waals surface area contributed by atoms with E-state index >= 15 is 0 Å². The van der Waals surface area contributed by atoms with Crippen LogP contribution < -0.4 is 0 Å². The highest BCUT2D eigenvalue weighted by Gasteiger charge is 2.55. The fourth-order valence-corrected chi connectivity index (χ4v) is 6.72. The molecule has 4 aliphatic carbocycles. The zero-order chi connectivity index (χ0) is 23.0. The molecule has 0 amide bonds. The number of nitrogens with zero attached hydrogens (tertiary/aromatic N) is 1. The number of aliphatic imine (C=N–C) groups is 1. The van der Waals surface area contributed by atoms with E-state index in [0.717, 1.165) is 24.1 Å². The minimum absolute atomic E-state index is 0.00831. The molecule has 0 saturated heterocycles. The lowest BCUT2D eigenvalue weighted by Gasteiger charge is -2.48. The lowest BCUT2D eigenvalue weighted by molar-refractivity contribution is 0.445. The molecule has 1 aromatic rings. The maximum atomic E-state index is 4.53. The molecule has 0 N–H and O–H groups in total. The van der Waals surface area contributed by atoms with E-state index in [0.29, 0.717) is 11.8 Å². The molecule has 1 heterocycles. The van der Waals surface area contributed by atoms with Gasteiger partial charge in [0.15, 0.2) is 0 Å². The first-order valence-corrected chi connectivity index (χ1v) is 12.2. The van der Waals surface area contributed by atoms with Crippen molar-refractivity contribution in [1.29, 1.82) is 0 Å². The van der Waals surface area contributed by atoms with Gasteiger partial charge in [0, 0.05) is 34.4 Å². The van der Waals surface area contributed by atoms with Crippen LogP contribution in [0.2, 0.25) is 0 Å². The van der Waals surface area contributed by atoms with Crippen LogP contribution in [0.15, 0.2) is 87.6 Å². The summed E-state index contributed by atoms with van der Waals surface area (Å²) in [6.45, 7) is 11.9. The van der Waals surface area contributed by atoms with Gasteiger partial charge < -0.3 is 0 Å². The van der Waals surface area contributed by atoms with Gasteiger partial charge in [0.25, 0.3) is 0 Å². The predicted molar refractivity (Wildman–Crippen MR) is 139 cm³/mol. The van der Waals surface area contributed by atoms with Gasteiger partial charge in [-0.1, -0.05) is 75.1 Å². The highest BCUT2D eigenvalue weighted by molar-refractivity contribution is 5.74. The van der Waals surface area contributed by atoms with E-state index in [9.17, 15) is 0 Å². The summed E-state index contributed by atoms with van der Waals surface area (Å²) in [4.78, 5) is 4.53. The van der Waals surface area contributed by atoms with Crippen molar-refractivity contribution in [1.82, 2.24) is 0 Å². The third-order valence-electron chi connectivity index (χ3n) is 8.44. The summed E-state index contributed by atoms with van der Waals surface area (Å²) in [6.07, 6.45) is 19.7. The Bertz CT molecular complexity index is 1370. The van der Waals surface area contributed by atoms with Gasteiger partial charge in [-0.2, -0.15) is 0 Å². The molecular weight excluding hydrogens is 398 g/mol. The highest BCUT2D eigenvalue weighted by atomic mass is 14.7. The van der Waals surface area contributed by atoms with Gasteiger partial charge in [-0.3, -0.25) is 0 Å². The number of hydrogen-bond acceptors (Lipinski definition) is 1. The van der Waals surface area contributed by atoms with Crippen molar-refractivity contribution in [3.63, 3.8) is 0 Å². The van der Waals surface area contributed by atoms with Crippen molar-refractivity contribution < 1.29 is 0 Å². The molecule has 33 heavy (non-hydrogen) atoms. The molecule has 1 aliphatic heterocycles. The molecule has 1 heteroatoms. The Morgan fingerprint density at radius 1 is 0.909 bits per heavy atom. The molecule has 5 aliphatic rings. The Morgan fingerprint density at radius 3 is 2.45 bits per heavy atom. The van der Waals surface area contributed by atoms with Crippen LogP contribution in [0.25, 0.3) is 0 Å². The van der Waals surface area contributed by atoms with Crippen LogP contribution in [0.1, 0.15) is 75.6 Å². The predicted octanol–water partition coefficient (Wildman–Crippen LogP) is 7.38. The van der Waals surface area contributed by atoms with Crippen LogP contribution in [0, 0.1) is 17.8 Å². The molecule has 0 fully saturated rings. The van der Waals surface area contributed by atoms with Gasteiger partial charge in [0.1, 0.15) is 5.70 Å². The van der Waals surface area contributed by atoms with Crippen molar-refractivity contribution in [2.24, 2.45) is 10.9 Å². The van der Waals surface area contributed by atoms with Crippen molar-refractivity contribution in [3.05, 3.63) is 105 Å². The molecule has 1 nitrogen and oxygen atoms in total. The molecule has 6 rings (SSSR count). The van der Waals surface area contributed by atoms with Gasteiger partial charge >= 0.3 is 0 Å². The minimum atomic E-state index is -0.0233. The standard InChI is InChI=1S/C32H31N/c1-20-17-25-30-28-23(20)12-10-13-24(28)31(2,3)26-18-21(19-27(29(26)30)32(25,4)5)14-15-22-11-8-6-7-9-16-33-22/h7,9-13,16-19,28,30H,6,8H2,1-5H3/b9-7-,22-11-,33-16+. The molecule has 164 valence electrons. The number of hydrogen-bond donors (Lipinski definition) is 0. The first-order chi connectivity index (χ1) is 15.8. The molecule has 0 aromatic heterocycles. The second-order valence-electron chi connectivity index (χ2n) is 11.0. The van der Waals surface area contributed by atoms with Gasteiger partial charge in [-0.15, -0.1) is 0 Å². The zero-order valence-corrected chi connectivity index (χ0v) is 20.3. The van der Waals surface area contributed by atoms with E-state index in [4.69, 9.17) is 0 Å². The fourth-order valence-electron chi connectivity index (χ4n) is 6.72. The maximum absolute atomic E-state index is 4.53. The average Bonchev–Trinajstić information content (AvgIpc) is 2.98. The van der Waals surface area contributed by atoms with Crippen molar-refractivity contribution in [3.8, 4) is 11.8 Å². The van der Waals surface area contributed by atoms with Gasteiger partial charge in [0.2, 0.25) is 0 Å². The largest absolute Gasteiger partial charge is 0.248 e. The summed E-state index contributed by atoms with van der Waals surface area (Å²) >= 11 is 0. The molecule has 1 aromatic carbocycles. The van der Waals surface area contributed by atoms with Crippen molar-refractivity contribution in [2.45, 2.75) is 64.2 Å². The SMILES string of the molecule is CC1=C2C=CC=C3C2C2C(=C1)C(C)(C)c1cc(C#CC4=C\CC\C=C/C=N/4)cc(c12)C3(C)C. The molecule has 0 radical (unpaired) electrons. The van der Waals surface area contributed by atoms with Gasteiger partial charge in [0.05, 0.1) is 0 Å². The quantitative estimate of drug-likeness (QED) is 0.382. The summed E-state index contributed by atoms with van der Waals surface area (Å²) in [5.41, 5.74) is 12.5. The monoisotopic (exact) mass is 429 g/mol. The van der Waals surface area contributed by atoms with E-state index in [1.54, 1.807) is 16.7 Å². The second kappa shape index (κ2) is 6.94. The van der Waals surface area contributed by atoms with E-state index in [1.165, 1.54) is 22.3 Å². The Morgan fingerprint density at radius 2 is 1.67 bits per heavy atom. The summed E-state index contributed by atoms with van der Waals surface area (Å²) in [5, 5.41) is 0. The molecule has 0 saturated carbocycles. The molecule has 2 atom stereocenters. The average molecular weight is 430 g/mol. The van der Waals surface area contributed by atoms with E-state index in [-0.39, 0.29) is 10.8 Å². The molecule has 0 spiro atoms. The van der Waals surface area contributed by atoms with Crippen LogP contribution in [0.4, 0.5) is 0 Å². The minimum Gasteiger partial charge on any atom is -0.248 e. The first-order valence-electron chi connectivity index (χ1n) is 12.2.